The van der Waals surface area contributed by atoms with Gasteiger partial charge in [-0.25, -0.2) is 0 Å². The van der Waals surface area contributed by atoms with Gasteiger partial charge in [0, 0.05) is 4.91 Å². The number of carbonyl (C=O) groups is 1. The molecule has 0 aromatic carbocycles. The molecule has 0 bridgehead atoms. The van der Waals surface area contributed by atoms with Crippen LogP contribution in [0.3, 0.4) is 0 Å². The minimum absolute atomic E-state index is 0.169. The first-order valence-corrected chi connectivity index (χ1v) is 5.99. The Morgan fingerprint density at radius 1 is 1.78 bits per heavy atom. The van der Waals surface area contributed by atoms with Crippen molar-refractivity contribution in [3.05, 3.63) is 22.5 Å². The van der Waals surface area contributed by atoms with E-state index in [1.165, 1.54) is 0 Å². The van der Waals surface area contributed by atoms with E-state index in [1.54, 1.807) is 6.92 Å². The molecule has 1 heterocycles. The molecule has 0 fully saturated rings. The lowest BCUT2D eigenvalue weighted by molar-refractivity contribution is -0.112. The molecule has 0 spiro atoms. The van der Waals surface area contributed by atoms with Gasteiger partial charge in [0.05, 0.1) is 0 Å². The largest absolute Gasteiger partial charge is 0.294 e. The van der Waals surface area contributed by atoms with Crippen LogP contribution in [0.1, 0.15) is 6.92 Å². The van der Waals surface area contributed by atoms with Crippen LogP contribution in [0.25, 0.3) is 0 Å². The van der Waals surface area contributed by atoms with Crippen LogP contribution in [0.15, 0.2) is 22.5 Å². The maximum absolute atomic E-state index is 10.7. The number of carbonyl (C=O) groups excluding carboxylic acids is 1. The third-order valence-corrected chi connectivity index (χ3v) is 4.28. The van der Waals surface area contributed by atoms with Crippen LogP contribution in [0.4, 0.5) is 0 Å². The molecule has 1 rings (SSSR count). The predicted octanol–water partition coefficient (Wildman–Crippen LogP) is 2.30. The van der Waals surface area contributed by atoms with Crippen LogP contribution in [0, 0.1) is 0 Å². The number of ketones is 1. The smallest absolute Gasteiger partial charge is 0.165 e. The third kappa shape index (κ3) is 1.46. The molecule has 0 saturated heterocycles. The van der Waals surface area contributed by atoms with Crippen LogP contribution >= 0.6 is 24.1 Å². The number of hydrogen-bond acceptors (Lipinski definition) is 1. The zero-order chi connectivity index (χ0) is 6.85. The van der Waals surface area contributed by atoms with Gasteiger partial charge in [0.1, 0.15) is 0 Å². The number of halogens is 1. The van der Waals surface area contributed by atoms with E-state index in [2.05, 4.69) is 14.8 Å². The van der Waals surface area contributed by atoms with Crippen molar-refractivity contribution in [2.45, 2.75) is 6.92 Å². The molecule has 0 N–H and O–H groups in total. The van der Waals surface area contributed by atoms with Gasteiger partial charge in [0.25, 0.3) is 0 Å². The molecule has 1 nitrogen and oxygen atoms in total. The summed E-state index contributed by atoms with van der Waals surface area (Å²) in [6.45, 7) is 1.59. The monoisotopic (exact) mass is 206 g/mol. The van der Waals surface area contributed by atoms with Crippen molar-refractivity contribution in [2.75, 3.05) is 0 Å². The molecule has 0 saturated carbocycles. The van der Waals surface area contributed by atoms with Crippen LogP contribution in [0.5, 0.6) is 0 Å². The van der Waals surface area contributed by atoms with E-state index in [9.17, 15) is 4.79 Å². The van der Waals surface area contributed by atoms with E-state index >= 15 is 0 Å². The molecule has 1 unspecified atom stereocenters. The summed E-state index contributed by atoms with van der Waals surface area (Å²) < 4.78 is 0. The third-order valence-electron chi connectivity index (χ3n) is 1.06. The molecule has 9 heavy (non-hydrogen) atoms. The first kappa shape index (κ1) is 7.09. The summed E-state index contributed by atoms with van der Waals surface area (Å²) in [5.74, 6) is 0.169. The van der Waals surface area contributed by atoms with Crippen molar-refractivity contribution < 1.29 is 4.79 Å². The number of hydrogen-bond donors (Lipinski definition) is 1. The van der Waals surface area contributed by atoms with Crippen LogP contribution in [-0.2, 0) is 4.79 Å². The highest BCUT2D eigenvalue weighted by Gasteiger charge is 2.10. The second kappa shape index (κ2) is 2.71. The van der Waals surface area contributed by atoms with Crippen molar-refractivity contribution in [1.29, 1.82) is 0 Å². The molecule has 0 radical (unpaired) electrons. The SMILES string of the molecule is CC(=O)C1=CC=C[SH]1Br. The van der Waals surface area contributed by atoms with E-state index in [0.717, 1.165) is 4.91 Å². The molecule has 0 amide bonds. The summed E-state index contributed by atoms with van der Waals surface area (Å²) in [6.07, 6.45) is 3.78. The van der Waals surface area contributed by atoms with E-state index in [1.807, 2.05) is 17.6 Å². The second-order valence-electron chi connectivity index (χ2n) is 1.76. The highest BCUT2D eigenvalue weighted by Crippen LogP contribution is 2.47. The Labute approximate surface area is 64.4 Å². The molecular formula is C6H7BrOS. The molecular weight excluding hydrogens is 200 g/mol. The number of thiol groups is 1. The summed E-state index contributed by atoms with van der Waals surface area (Å²) in [5, 5.41) is 2.01. The lowest BCUT2D eigenvalue weighted by Crippen LogP contribution is -1.89. The van der Waals surface area contributed by atoms with Gasteiger partial charge in [0.15, 0.2) is 5.78 Å². The molecule has 0 aromatic rings. The lowest BCUT2D eigenvalue weighted by atomic mass is 10.4. The van der Waals surface area contributed by atoms with Gasteiger partial charge in [0.2, 0.25) is 0 Å². The van der Waals surface area contributed by atoms with E-state index in [4.69, 9.17) is 0 Å². The second-order valence-corrected chi connectivity index (χ2v) is 5.46. The molecule has 1 aliphatic heterocycles. The van der Waals surface area contributed by atoms with E-state index in [-0.39, 0.29) is 5.78 Å². The Bertz CT molecular complexity index is 195. The summed E-state index contributed by atoms with van der Waals surface area (Å²) in [5.41, 5.74) is 0. The Kier molecular flexibility index (Phi) is 2.13. The van der Waals surface area contributed by atoms with Crippen molar-refractivity contribution in [3.63, 3.8) is 0 Å². The summed E-state index contributed by atoms with van der Waals surface area (Å²) >= 11 is 3.39. The number of Topliss-reactive ketones (excluding diaryl/α,β-unsaturated/α-hetero) is 1. The summed E-state index contributed by atoms with van der Waals surface area (Å²) in [4.78, 5) is 11.6. The van der Waals surface area contributed by atoms with Gasteiger partial charge >= 0.3 is 0 Å². The maximum atomic E-state index is 10.7. The van der Waals surface area contributed by atoms with Crippen LogP contribution < -0.4 is 0 Å². The first-order chi connectivity index (χ1) is 4.22. The summed E-state index contributed by atoms with van der Waals surface area (Å²) in [7, 11) is -0.424. The van der Waals surface area contributed by atoms with Crippen LogP contribution in [-0.4, -0.2) is 5.78 Å². The summed E-state index contributed by atoms with van der Waals surface area (Å²) in [6, 6.07) is 0. The quantitative estimate of drug-likeness (QED) is 0.653. The highest BCUT2D eigenvalue weighted by atomic mass is 79.9. The average Bonchev–Trinajstić information content (AvgIpc) is 2.13. The van der Waals surface area contributed by atoms with Gasteiger partial charge in [-0.2, -0.15) is 0 Å². The molecule has 3 heteroatoms. The van der Waals surface area contributed by atoms with E-state index < -0.39 is 9.33 Å². The maximum Gasteiger partial charge on any atom is 0.165 e. The predicted molar refractivity (Wildman–Crippen MR) is 45.8 cm³/mol. The Balaban J connectivity index is 2.76. The van der Waals surface area contributed by atoms with E-state index in [0.29, 0.717) is 0 Å². The van der Waals surface area contributed by atoms with Crippen molar-refractivity contribution in [2.24, 2.45) is 0 Å². The Morgan fingerprint density at radius 2 is 2.44 bits per heavy atom. The molecule has 0 aromatic heterocycles. The van der Waals surface area contributed by atoms with Gasteiger partial charge < -0.3 is 0 Å². The zero-order valence-corrected chi connectivity index (χ0v) is 7.45. The zero-order valence-electron chi connectivity index (χ0n) is 4.97. The lowest BCUT2D eigenvalue weighted by Gasteiger charge is -2.03. The number of allylic oxidation sites excluding steroid dienone is 3. The molecule has 0 aliphatic carbocycles. The van der Waals surface area contributed by atoms with Crippen molar-refractivity contribution >= 4 is 29.9 Å². The fraction of sp³-hybridized carbons (Fsp3) is 0.167. The highest BCUT2D eigenvalue weighted by molar-refractivity contribution is 9.55. The molecule has 50 valence electrons. The first-order valence-electron chi connectivity index (χ1n) is 2.56. The van der Waals surface area contributed by atoms with Crippen molar-refractivity contribution in [3.8, 4) is 0 Å². The van der Waals surface area contributed by atoms with Crippen LogP contribution in [0.2, 0.25) is 0 Å². The Morgan fingerprint density at radius 3 is 2.67 bits per heavy atom. The fourth-order valence-electron chi connectivity index (χ4n) is 0.629. The average molecular weight is 207 g/mol. The van der Waals surface area contributed by atoms with Gasteiger partial charge in [-0.1, -0.05) is 6.08 Å². The van der Waals surface area contributed by atoms with Gasteiger partial charge in [-0.05, 0) is 33.2 Å². The number of rotatable bonds is 1. The standard InChI is InChI=1S/C6H7BrOS/c1-5(8)6-3-2-4-9(6)7/h2-4,9H,1H3. The van der Waals surface area contributed by atoms with Crippen molar-refractivity contribution in [1.82, 2.24) is 0 Å². The van der Waals surface area contributed by atoms with Gasteiger partial charge in [-0.3, -0.25) is 4.79 Å². The minimum Gasteiger partial charge on any atom is -0.294 e. The van der Waals surface area contributed by atoms with Gasteiger partial charge in [-0.15, -0.1) is 9.33 Å². The molecule has 1 atom stereocenters. The molecule has 1 aliphatic rings. The minimum atomic E-state index is -0.424. The fourth-order valence-corrected chi connectivity index (χ4v) is 3.07. The Hall–Kier alpha value is -0.0200. The normalized spacial score (nSPS) is 28.2. The topological polar surface area (TPSA) is 17.1 Å².